The van der Waals surface area contributed by atoms with Crippen LogP contribution in [-0.4, -0.2) is 36.8 Å². The van der Waals surface area contributed by atoms with Crippen molar-refractivity contribution in [3.8, 4) is 0 Å². The number of ether oxygens (including phenoxy) is 1. The lowest BCUT2D eigenvalue weighted by atomic mass is 10.2. The van der Waals surface area contributed by atoms with E-state index < -0.39 is 0 Å². The number of pyridine rings is 1. The van der Waals surface area contributed by atoms with Crippen molar-refractivity contribution in [1.29, 1.82) is 0 Å². The van der Waals surface area contributed by atoms with Crippen LogP contribution in [0.4, 0.5) is 11.4 Å². The first kappa shape index (κ1) is 18.1. The third-order valence-electron chi connectivity index (χ3n) is 4.61. The van der Waals surface area contributed by atoms with Gasteiger partial charge in [-0.2, -0.15) is 0 Å². The third-order valence-corrected chi connectivity index (χ3v) is 4.61. The highest BCUT2D eigenvalue weighted by Crippen LogP contribution is 2.20. The number of nitrogens with zero attached hydrogens (tertiary/aromatic N) is 2. The number of hydrogen-bond donors (Lipinski definition) is 1. The Morgan fingerprint density at radius 2 is 1.79 bits per heavy atom. The van der Waals surface area contributed by atoms with Gasteiger partial charge in [-0.1, -0.05) is 6.07 Å². The molecule has 0 spiro atoms. The first-order chi connectivity index (χ1) is 13.7. The number of carbonyl (C=O) groups excluding carboxylic acids is 1. The highest BCUT2D eigenvalue weighted by molar-refractivity contribution is 6.02. The Balaban J connectivity index is 1.39. The van der Waals surface area contributed by atoms with Crippen LogP contribution in [0.15, 0.2) is 70.0 Å². The maximum atomic E-state index is 12.4. The monoisotopic (exact) mass is 379 g/mol. The Hall–Kier alpha value is -3.32. The molecule has 1 amide bonds. The minimum Gasteiger partial charge on any atom is -0.454 e. The summed E-state index contributed by atoms with van der Waals surface area (Å²) in [6.07, 6.45) is 1.68. The van der Waals surface area contributed by atoms with Crippen molar-refractivity contribution >= 4 is 17.3 Å². The van der Waals surface area contributed by atoms with E-state index in [2.05, 4.69) is 10.2 Å². The summed E-state index contributed by atoms with van der Waals surface area (Å²) in [5.74, 6) is 0.420. The predicted octanol–water partition coefficient (Wildman–Crippen LogP) is 2.58. The summed E-state index contributed by atoms with van der Waals surface area (Å²) in [7, 11) is 0. The fourth-order valence-corrected chi connectivity index (χ4v) is 3.11. The molecule has 1 N–H and O–H groups in total. The van der Waals surface area contributed by atoms with Crippen molar-refractivity contribution < 1.29 is 13.9 Å². The molecule has 7 nitrogen and oxygen atoms in total. The molecule has 144 valence electrons. The van der Waals surface area contributed by atoms with Gasteiger partial charge in [0.1, 0.15) is 5.76 Å². The van der Waals surface area contributed by atoms with E-state index in [4.69, 9.17) is 9.15 Å². The third kappa shape index (κ3) is 4.15. The quantitative estimate of drug-likeness (QED) is 0.737. The van der Waals surface area contributed by atoms with Crippen molar-refractivity contribution in [2.45, 2.75) is 6.54 Å². The number of morpholine rings is 1. The smallest absolute Gasteiger partial charge is 0.291 e. The summed E-state index contributed by atoms with van der Waals surface area (Å²) in [4.78, 5) is 26.5. The first-order valence-electron chi connectivity index (χ1n) is 9.17. The lowest BCUT2D eigenvalue weighted by molar-refractivity contribution is 0.0994. The summed E-state index contributed by atoms with van der Waals surface area (Å²) < 4.78 is 12.5. The number of amides is 1. The van der Waals surface area contributed by atoms with E-state index in [0.717, 1.165) is 32.0 Å². The van der Waals surface area contributed by atoms with Gasteiger partial charge in [0.15, 0.2) is 5.76 Å². The van der Waals surface area contributed by atoms with Crippen LogP contribution in [0, 0.1) is 0 Å². The maximum absolute atomic E-state index is 12.4. The van der Waals surface area contributed by atoms with E-state index in [9.17, 15) is 9.59 Å². The molecule has 0 saturated carbocycles. The van der Waals surface area contributed by atoms with Gasteiger partial charge in [-0.3, -0.25) is 9.59 Å². The van der Waals surface area contributed by atoms with Gasteiger partial charge in [0.05, 0.1) is 19.8 Å². The van der Waals surface area contributed by atoms with Gasteiger partial charge < -0.3 is 23.9 Å². The Kier molecular flexibility index (Phi) is 5.25. The zero-order valence-corrected chi connectivity index (χ0v) is 15.3. The summed E-state index contributed by atoms with van der Waals surface area (Å²) >= 11 is 0. The van der Waals surface area contributed by atoms with Crippen molar-refractivity contribution in [2.24, 2.45) is 0 Å². The summed E-state index contributed by atoms with van der Waals surface area (Å²) in [6.45, 7) is 3.47. The number of anilines is 2. The number of benzene rings is 1. The number of hydrogen-bond acceptors (Lipinski definition) is 5. The van der Waals surface area contributed by atoms with E-state index in [1.54, 1.807) is 30.5 Å². The number of aromatic nitrogens is 1. The number of furan rings is 1. The molecule has 1 aliphatic rings. The Bertz CT molecular complexity index is 1000. The van der Waals surface area contributed by atoms with Gasteiger partial charge in [-0.25, -0.2) is 0 Å². The molecule has 1 aliphatic heterocycles. The van der Waals surface area contributed by atoms with Crippen molar-refractivity contribution in [3.05, 3.63) is 82.7 Å². The predicted molar refractivity (Wildman–Crippen MR) is 106 cm³/mol. The van der Waals surface area contributed by atoms with Crippen LogP contribution in [0.2, 0.25) is 0 Å². The Morgan fingerprint density at radius 3 is 2.54 bits per heavy atom. The van der Waals surface area contributed by atoms with Crippen molar-refractivity contribution in [3.63, 3.8) is 0 Å². The molecule has 0 aliphatic carbocycles. The minimum atomic E-state index is -0.328. The molecule has 0 bridgehead atoms. The Labute approximate surface area is 162 Å². The van der Waals surface area contributed by atoms with Gasteiger partial charge in [0.25, 0.3) is 11.5 Å². The second kappa shape index (κ2) is 8.14. The summed E-state index contributed by atoms with van der Waals surface area (Å²) in [6, 6.07) is 16.0. The van der Waals surface area contributed by atoms with E-state index >= 15 is 0 Å². The number of rotatable bonds is 5. The van der Waals surface area contributed by atoms with Crippen LogP contribution >= 0.6 is 0 Å². The van der Waals surface area contributed by atoms with Crippen LogP contribution in [0.5, 0.6) is 0 Å². The average Bonchev–Trinajstić information content (AvgIpc) is 3.20. The molecular formula is C21H21N3O4. The molecule has 2 aromatic heterocycles. The number of nitrogens with one attached hydrogen (secondary N) is 1. The highest BCUT2D eigenvalue weighted by Gasteiger charge is 2.14. The molecule has 0 atom stereocenters. The zero-order chi connectivity index (χ0) is 19.3. The molecule has 1 aromatic carbocycles. The fraction of sp³-hybridized carbons (Fsp3) is 0.238. The van der Waals surface area contributed by atoms with Gasteiger partial charge in [0.2, 0.25) is 0 Å². The second-order valence-electron chi connectivity index (χ2n) is 6.53. The standard InChI is InChI=1S/C21H21N3O4/c25-20-3-1-2-10-24(20)15-18-8-9-19(28-18)21(26)22-16-4-6-17(7-5-16)23-11-13-27-14-12-23/h1-10H,11-15H2,(H,22,26). The fourth-order valence-electron chi connectivity index (χ4n) is 3.11. The van der Waals surface area contributed by atoms with Crippen LogP contribution < -0.4 is 15.8 Å². The van der Waals surface area contributed by atoms with Crippen LogP contribution in [-0.2, 0) is 11.3 Å². The Morgan fingerprint density at radius 1 is 1.00 bits per heavy atom. The van der Waals surface area contributed by atoms with Crippen LogP contribution in [0.3, 0.4) is 0 Å². The molecule has 1 saturated heterocycles. The minimum absolute atomic E-state index is 0.120. The van der Waals surface area contributed by atoms with Crippen molar-refractivity contribution in [2.75, 3.05) is 36.5 Å². The first-order valence-corrected chi connectivity index (χ1v) is 9.17. The van der Waals surface area contributed by atoms with Crippen molar-refractivity contribution in [1.82, 2.24) is 4.57 Å². The molecule has 3 aromatic rings. The molecule has 0 radical (unpaired) electrons. The maximum Gasteiger partial charge on any atom is 0.291 e. The van der Waals surface area contributed by atoms with Gasteiger partial charge >= 0.3 is 0 Å². The molecular weight excluding hydrogens is 358 g/mol. The zero-order valence-electron chi connectivity index (χ0n) is 15.3. The molecule has 28 heavy (non-hydrogen) atoms. The number of carbonyl (C=O) groups is 1. The highest BCUT2D eigenvalue weighted by atomic mass is 16.5. The summed E-state index contributed by atoms with van der Waals surface area (Å²) in [5.41, 5.74) is 1.68. The van der Waals surface area contributed by atoms with E-state index in [-0.39, 0.29) is 23.8 Å². The van der Waals surface area contributed by atoms with Crippen LogP contribution in [0.1, 0.15) is 16.3 Å². The van der Waals surface area contributed by atoms with Gasteiger partial charge in [-0.05, 0) is 42.5 Å². The molecule has 1 fully saturated rings. The van der Waals surface area contributed by atoms with Crippen LogP contribution in [0.25, 0.3) is 0 Å². The molecule has 3 heterocycles. The van der Waals surface area contributed by atoms with E-state index in [1.165, 1.54) is 10.6 Å². The largest absolute Gasteiger partial charge is 0.454 e. The molecule has 0 unspecified atom stereocenters. The molecule has 4 rings (SSSR count). The lowest BCUT2D eigenvalue weighted by Gasteiger charge is -2.28. The van der Waals surface area contributed by atoms with Gasteiger partial charge in [0, 0.05) is 36.7 Å². The summed E-state index contributed by atoms with van der Waals surface area (Å²) in [5, 5.41) is 2.83. The van der Waals surface area contributed by atoms with E-state index in [1.807, 2.05) is 24.3 Å². The normalized spacial score (nSPS) is 14.1. The second-order valence-corrected chi connectivity index (χ2v) is 6.53. The average molecular weight is 379 g/mol. The van der Waals surface area contributed by atoms with E-state index in [0.29, 0.717) is 11.4 Å². The SMILES string of the molecule is O=C(Nc1ccc(N2CCOCC2)cc1)c1ccc(Cn2ccccc2=O)o1. The topological polar surface area (TPSA) is 76.7 Å². The van der Waals surface area contributed by atoms with Gasteiger partial charge in [-0.15, -0.1) is 0 Å². The molecule has 7 heteroatoms. The lowest BCUT2D eigenvalue weighted by Crippen LogP contribution is -2.36.